The van der Waals surface area contributed by atoms with Gasteiger partial charge in [-0.05, 0) is 36.3 Å². The highest BCUT2D eigenvalue weighted by molar-refractivity contribution is 7.13. The molecule has 2 heterocycles. The molecule has 0 spiro atoms. The molecule has 1 aliphatic carbocycles. The lowest BCUT2D eigenvalue weighted by Gasteiger charge is -2.36. The summed E-state index contributed by atoms with van der Waals surface area (Å²) in [5.41, 5.74) is 3.86. The number of aliphatic hydroxyl groups excluding tert-OH is 1. The number of hydrogen-bond acceptors (Lipinski definition) is 6. The van der Waals surface area contributed by atoms with Crippen molar-refractivity contribution in [2.24, 2.45) is 10.8 Å². The first-order valence-corrected chi connectivity index (χ1v) is 13.3. The molecule has 0 unspecified atom stereocenters. The summed E-state index contributed by atoms with van der Waals surface area (Å²) >= 11 is 1.59. The molecule has 3 amide bonds. The summed E-state index contributed by atoms with van der Waals surface area (Å²) in [6.07, 6.45) is 0.998. The van der Waals surface area contributed by atoms with Crippen molar-refractivity contribution in [3.63, 3.8) is 0 Å². The molecular formula is C27H36N4O4S. The molecule has 2 fully saturated rings. The van der Waals surface area contributed by atoms with Crippen molar-refractivity contribution in [2.45, 2.75) is 78.6 Å². The van der Waals surface area contributed by atoms with Crippen molar-refractivity contribution in [3.05, 3.63) is 41.0 Å². The van der Waals surface area contributed by atoms with Gasteiger partial charge in [0, 0.05) is 24.9 Å². The molecule has 4 rings (SSSR count). The lowest BCUT2D eigenvalue weighted by molar-refractivity contribution is -0.144. The minimum absolute atomic E-state index is 0.0690. The topological polar surface area (TPSA) is 112 Å². The van der Waals surface area contributed by atoms with Gasteiger partial charge in [0.05, 0.1) is 22.2 Å². The van der Waals surface area contributed by atoms with E-state index in [1.54, 1.807) is 11.3 Å². The zero-order chi connectivity index (χ0) is 26.3. The van der Waals surface area contributed by atoms with Gasteiger partial charge in [-0.3, -0.25) is 14.4 Å². The van der Waals surface area contributed by atoms with Crippen LogP contribution in [-0.2, 0) is 20.9 Å². The van der Waals surface area contributed by atoms with Crippen LogP contribution in [0.3, 0.4) is 0 Å². The molecule has 194 valence electrons. The van der Waals surface area contributed by atoms with E-state index in [1.807, 2.05) is 64.4 Å². The second kappa shape index (κ2) is 9.94. The van der Waals surface area contributed by atoms with Gasteiger partial charge in [0.25, 0.3) is 0 Å². The summed E-state index contributed by atoms with van der Waals surface area (Å²) in [5.74, 6) is -0.773. The number of thiazole rings is 1. The van der Waals surface area contributed by atoms with Crippen LogP contribution in [-0.4, -0.2) is 57.4 Å². The number of aryl methyl sites for hydroxylation is 1. The van der Waals surface area contributed by atoms with Gasteiger partial charge in [0.1, 0.15) is 12.1 Å². The standard InChI is InChI=1S/C27H36N4O4S/c1-16-21(36-15-29-16)18-8-6-17(7-9-18)13-28-23(33)20-12-19(32)14-31(20)24(34)22(26(2,3)4)30-25(35)27(5)10-11-27/h6-9,15,19-20,22,32H,10-14H2,1-5H3,(H,28,33)(H,30,35)/t19-,20+,22-/m1/s1. The highest BCUT2D eigenvalue weighted by Gasteiger charge is 2.49. The third-order valence-electron chi connectivity index (χ3n) is 7.23. The third-order valence-corrected chi connectivity index (χ3v) is 8.21. The predicted molar refractivity (Wildman–Crippen MR) is 139 cm³/mol. The van der Waals surface area contributed by atoms with Crippen molar-refractivity contribution in [2.75, 3.05) is 6.54 Å². The SMILES string of the molecule is Cc1ncsc1-c1ccc(CNC(=O)[C@@H]2C[C@@H](O)CN2C(=O)[C@@H](NC(=O)C2(C)CC2)C(C)(C)C)cc1. The largest absolute Gasteiger partial charge is 0.391 e. The van der Waals surface area contributed by atoms with Crippen molar-refractivity contribution in [1.29, 1.82) is 0 Å². The minimum atomic E-state index is -0.788. The monoisotopic (exact) mass is 512 g/mol. The number of amides is 3. The Balaban J connectivity index is 1.42. The first kappa shape index (κ1) is 26.3. The van der Waals surface area contributed by atoms with Crippen LogP contribution < -0.4 is 10.6 Å². The predicted octanol–water partition coefficient (Wildman–Crippen LogP) is 3.03. The van der Waals surface area contributed by atoms with Gasteiger partial charge in [0.15, 0.2) is 0 Å². The number of benzene rings is 1. The van der Waals surface area contributed by atoms with Gasteiger partial charge in [-0.15, -0.1) is 11.3 Å². The van der Waals surface area contributed by atoms with Crippen molar-refractivity contribution >= 4 is 29.1 Å². The number of carbonyl (C=O) groups excluding carboxylic acids is 3. The molecule has 0 radical (unpaired) electrons. The normalized spacial score (nSPS) is 21.7. The Labute approximate surface area is 216 Å². The molecule has 2 aliphatic rings. The zero-order valence-corrected chi connectivity index (χ0v) is 22.4. The number of hydrogen-bond donors (Lipinski definition) is 3. The number of β-amino-alcohol motifs (C(OH)–C–C–N with tert-alkyl or cyclic N) is 1. The van der Waals surface area contributed by atoms with E-state index in [4.69, 9.17) is 0 Å². The molecule has 1 aromatic carbocycles. The number of rotatable bonds is 7. The van der Waals surface area contributed by atoms with E-state index in [2.05, 4.69) is 15.6 Å². The number of aromatic nitrogens is 1. The first-order valence-electron chi connectivity index (χ1n) is 12.5. The van der Waals surface area contributed by atoms with Crippen LogP contribution in [0.15, 0.2) is 29.8 Å². The number of nitrogens with zero attached hydrogens (tertiary/aromatic N) is 2. The maximum atomic E-state index is 13.6. The molecule has 9 heteroatoms. The molecule has 2 aromatic rings. The van der Waals surface area contributed by atoms with E-state index in [1.165, 1.54) is 4.90 Å². The van der Waals surface area contributed by atoms with Crippen LogP contribution in [0.2, 0.25) is 0 Å². The zero-order valence-electron chi connectivity index (χ0n) is 21.6. The fraction of sp³-hybridized carbons (Fsp3) is 0.556. The Morgan fingerprint density at radius 1 is 1.22 bits per heavy atom. The molecule has 3 N–H and O–H groups in total. The van der Waals surface area contributed by atoms with Gasteiger partial charge in [-0.25, -0.2) is 4.98 Å². The summed E-state index contributed by atoms with van der Waals surface area (Å²) in [5, 5.41) is 16.2. The molecule has 36 heavy (non-hydrogen) atoms. The van der Waals surface area contributed by atoms with Crippen molar-refractivity contribution < 1.29 is 19.5 Å². The number of aliphatic hydroxyl groups is 1. The smallest absolute Gasteiger partial charge is 0.246 e. The Kier molecular flexibility index (Phi) is 7.26. The van der Waals surface area contributed by atoms with Crippen molar-refractivity contribution in [3.8, 4) is 10.4 Å². The number of likely N-dealkylation sites (tertiary alicyclic amines) is 1. The quantitative estimate of drug-likeness (QED) is 0.528. The van der Waals surface area contributed by atoms with E-state index < -0.39 is 29.0 Å². The van der Waals surface area contributed by atoms with Gasteiger partial charge in [-0.2, -0.15) is 0 Å². The highest BCUT2D eigenvalue weighted by Crippen LogP contribution is 2.45. The van der Waals surface area contributed by atoms with Crippen LogP contribution in [0.4, 0.5) is 0 Å². The molecule has 1 aliphatic heterocycles. The van der Waals surface area contributed by atoms with Crippen LogP contribution in [0.25, 0.3) is 10.4 Å². The summed E-state index contributed by atoms with van der Waals surface area (Å²) < 4.78 is 0. The summed E-state index contributed by atoms with van der Waals surface area (Å²) in [6, 6.07) is 6.37. The number of carbonyl (C=O) groups is 3. The van der Waals surface area contributed by atoms with Crippen LogP contribution in [0, 0.1) is 17.8 Å². The molecule has 1 saturated carbocycles. The second-order valence-electron chi connectivity index (χ2n) is 11.4. The van der Waals surface area contributed by atoms with Gasteiger partial charge < -0.3 is 20.6 Å². The van der Waals surface area contributed by atoms with E-state index in [-0.39, 0.29) is 30.7 Å². The Bertz CT molecular complexity index is 1130. The van der Waals surface area contributed by atoms with Gasteiger partial charge >= 0.3 is 0 Å². The fourth-order valence-electron chi connectivity index (χ4n) is 4.50. The van der Waals surface area contributed by atoms with E-state index >= 15 is 0 Å². The second-order valence-corrected chi connectivity index (χ2v) is 12.3. The summed E-state index contributed by atoms with van der Waals surface area (Å²) in [4.78, 5) is 46.3. The summed E-state index contributed by atoms with van der Waals surface area (Å²) in [7, 11) is 0. The van der Waals surface area contributed by atoms with Gasteiger partial charge in [0.2, 0.25) is 17.7 Å². The fourth-order valence-corrected chi connectivity index (χ4v) is 5.31. The molecule has 0 bridgehead atoms. The molecule has 8 nitrogen and oxygen atoms in total. The number of nitrogens with one attached hydrogen (secondary N) is 2. The van der Waals surface area contributed by atoms with Gasteiger partial charge in [-0.1, -0.05) is 52.0 Å². The Hall–Kier alpha value is -2.78. The molecule has 1 saturated heterocycles. The lowest BCUT2D eigenvalue weighted by atomic mass is 9.85. The molecular weight excluding hydrogens is 476 g/mol. The Morgan fingerprint density at radius 3 is 2.44 bits per heavy atom. The van der Waals surface area contributed by atoms with Crippen molar-refractivity contribution in [1.82, 2.24) is 20.5 Å². The van der Waals surface area contributed by atoms with E-state index in [0.29, 0.717) is 6.54 Å². The maximum absolute atomic E-state index is 13.6. The Morgan fingerprint density at radius 2 is 1.89 bits per heavy atom. The average Bonchev–Trinajstić information content (AvgIpc) is 3.23. The first-order chi connectivity index (χ1) is 16.9. The molecule has 1 aromatic heterocycles. The van der Waals surface area contributed by atoms with Crippen LogP contribution >= 0.6 is 11.3 Å². The van der Waals surface area contributed by atoms with E-state index in [9.17, 15) is 19.5 Å². The minimum Gasteiger partial charge on any atom is -0.391 e. The lowest BCUT2D eigenvalue weighted by Crippen LogP contribution is -2.58. The molecule has 3 atom stereocenters. The van der Waals surface area contributed by atoms with Crippen LogP contribution in [0.5, 0.6) is 0 Å². The average molecular weight is 513 g/mol. The third kappa shape index (κ3) is 5.62. The highest BCUT2D eigenvalue weighted by atomic mass is 32.1. The summed E-state index contributed by atoms with van der Waals surface area (Å²) in [6.45, 7) is 9.93. The van der Waals surface area contributed by atoms with Crippen LogP contribution in [0.1, 0.15) is 58.2 Å². The maximum Gasteiger partial charge on any atom is 0.246 e. The van der Waals surface area contributed by atoms with E-state index in [0.717, 1.165) is 34.5 Å².